The van der Waals surface area contributed by atoms with Crippen LogP contribution in [0.15, 0.2) is 48.5 Å². The first kappa shape index (κ1) is 17.1. The molecule has 23 heavy (non-hydrogen) atoms. The Morgan fingerprint density at radius 3 is 1.30 bits per heavy atom. The number of hydrogen-bond donors (Lipinski definition) is 2. The van der Waals surface area contributed by atoms with Crippen LogP contribution in [0.1, 0.15) is 34.6 Å². The van der Waals surface area contributed by atoms with E-state index in [1.54, 1.807) is 48.5 Å². The molecule has 0 unspecified atom stereocenters. The lowest BCUT2D eigenvalue weighted by atomic mass is 9.71. The van der Waals surface area contributed by atoms with Crippen LogP contribution in [0.5, 0.6) is 0 Å². The molecule has 0 saturated heterocycles. The van der Waals surface area contributed by atoms with Gasteiger partial charge in [0, 0.05) is 11.1 Å². The van der Waals surface area contributed by atoms with Gasteiger partial charge in [0.1, 0.15) is 0 Å². The monoisotopic (exact) mass is 310 g/mol. The van der Waals surface area contributed by atoms with E-state index in [0.29, 0.717) is 22.1 Å². The first-order valence-electron chi connectivity index (χ1n) is 7.12. The van der Waals surface area contributed by atoms with Crippen LogP contribution in [0.25, 0.3) is 0 Å². The third kappa shape index (κ3) is 4.39. The topological polar surface area (TPSA) is 83.8 Å². The highest BCUT2D eigenvalue weighted by molar-refractivity contribution is 6.73. The molecule has 0 aliphatic heterocycles. The fourth-order valence-electron chi connectivity index (χ4n) is 2.04. The predicted octanol–water partition coefficient (Wildman–Crippen LogP) is 0.184. The van der Waals surface area contributed by atoms with Gasteiger partial charge >= 0.3 is 14.2 Å². The van der Waals surface area contributed by atoms with Gasteiger partial charge in [-0.1, -0.05) is 48.5 Å². The SMILES string of the molecule is CC(=O)c1ccc(B(O)OB(O)c2ccc(C(C)=O)cc2)cc1. The number of carbonyl (C=O) groups is 2. The fourth-order valence-corrected chi connectivity index (χ4v) is 2.04. The van der Waals surface area contributed by atoms with Crippen molar-refractivity contribution in [2.24, 2.45) is 0 Å². The van der Waals surface area contributed by atoms with E-state index in [1.165, 1.54) is 13.8 Å². The molecule has 0 aliphatic carbocycles. The van der Waals surface area contributed by atoms with Gasteiger partial charge < -0.3 is 14.6 Å². The van der Waals surface area contributed by atoms with Crippen molar-refractivity contribution in [2.75, 3.05) is 0 Å². The quantitative estimate of drug-likeness (QED) is 0.587. The van der Waals surface area contributed by atoms with Crippen molar-refractivity contribution >= 4 is 36.7 Å². The van der Waals surface area contributed by atoms with Gasteiger partial charge in [-0.15, -0.1) is 0 Å². The van der Waals surface area contributed by atoms with Crippen molar-refractivity contribution in [3.05, 3.63) is 59.7 Å². The summed E-state index contributed by atoms with van der Waals surface area (Å²) < 4.78 is 5.16. The summed E-state index contributed by atoms with van der Waals surface area (Å²) in [4.78, 5) is 22.4. The van der Waals surface area contributed by atoms with E-state index in [-0.39, 0.29) is 11.6 Å². The third-order valence-corrected chi connectivity index (χ3v) is 3.46. The zero-order valence-electron chi connectivity index (χ0n) is 12.9. The molecule has 0 radical (unpaired) electrons. The van der Waals surface area contributed by atoms with E-state index >= 15 is 0 Å². The van der Waals surface area contributed by atoms with Crippen LogP contribution < -0.4 is 10.9 Å². The van der Waals surface area contributed by atoms with Gasteiger partial charge in [-0.25, -0.2) is 0 Å². The molecule has 0 atom stereocenters. The molecule has 0 saturated carbocycles. The van der Waals surface area contributed by atoms with E-state index < -0.39 is 14.2 Å². The number of ketones is 2. The molecule has 2 N–H and O–H groups in total. The molecule has 0 spiro atoms. The van der Waals surface area contributed by atoms with E-state index in [0.717, 1.165) is 0 Å². The van der Waals surface area contributed by atoms with Gasteiger partial charge in [0.05, 0.1) is 0 Å². The molecule has 116 valence electrons. The summed E-state index contributed by atoms with van der Waals surface area (Å²) in [6, 6.07) is 12.6. The lowest BCUT2D eigenvalue weighted by Gasteiger charge is -2.12. The summed E-state index contributed by atoms with van der Waals surface area (Å²) in [5.74, 6) is -0.143. The highest BCUT2D eigenvalue weighted by Crippen LogP contribution is 2.01. The summed E-state index contributed by atoms with van der Waals surface area (Å²) in [5, 5.41) is 20.0. The number of hydrogen-bond acceptors (Lipinski definition) is 5. The molecule has 2 aromatic rings. The maximum atomic E-state index is 11.2. The first-order valence-corrected chi connectivity index (χ1v) is 7.12. The Hall–Kier alpha value is -2.21. The minimum Gasteiger partial charge on any atom is -0.443 e. The zero-order chi connectivity index (χ0) is 17.0. The Morgan fingerprint density at radius 1 is 0.739 bits per heavy atom. The van der Waals surface area contributed by atoms with Crippen LogP contribution in [0.3, 0.4) is 0 Å². The molecular weight excluding hydrogens is 294 g/mol. The van der Waals surface area contributed by atoms with E-state index in [4.69, 9.17) is 4.57 Å². The third-order valence-electron chi connectivity index (χ3n) is 3.46. The summed E-state index contributed by atoms with van der Waals surface area (Å²) >= 11 is 0. The Balaban J connectivity index is 2.05. The average molecular weight is 310 g/mol. The fraction of sp³-hybridized carbons (Fsp3) is 0.125. The Labute approximate surface area is 135 Å². The van der Waals surface area contributed by atoms with E-state index in [1.807, 2.05) is 0 Å². The van der Waals surface area contributed by atoms with Crippen LogP contribution in [0, 0.1) is 0 Å². The van der Waals surface area contributed by atoms with Gasteiger partial charge in [-0.2, -0.15) is 0 Å². The summed E-state index contributed by atoms with van der Waals surface area (Å²) in [5.41, 5.74) is 1.91. The first-order chi connectivity index (χ1) is 10.9. The van der Waals surface area contributed by atoms with Crippen LogP contribution >= 0.6 is 0 Å². The molecule has 7 heteroatoms. The van der Waals surface area contributed by atoms with Gasteiger partial charge in [-0.05, 0) is 24.8 Å². The predicted molar refractivity (Wildman–Crippen MR) is 89.2 cm³/mol. The number of benzene rings is 2. The zero-order valence-corrected chi connectivity index (χ0v) is 12.9. The summed E-state index contributed by atoms with van der Waals surface area (Å²) in [6.45, 7) is 2.91. The molecule has 0 fully saturated rings. The second-order valence-electron chi connectivity index (χ2n) is 5.20. The largest absolute Gasteiger partial charge is 0.477 e. The molecular formula is C16H16B2O5. The van der Waals surface area contributed by atoms with E-state index in [2.05, 4.69) is 0 Å². The molecule has 5 nitrogen and oxygen atoms in total. The van der Waals surface area contributed by atoms with E-state index in [9.17, 15) is 19.6 Å². The molecule has 0 amide bonds. The second-order valence-corrected chi connectivity index (χ2v) is 5.20. The maximum Gasteiger partial charge on any atom is 0.477 e. The highest BCUT2D eigenvalue weighted by Gasteiger charge is 2.26. The van der Waals surface area contributed by atoms with Crippen LogP contribution in [0.2, 0.25) is 0 Å². The van der Waals surface area contributed by atoms with Gasteiger partial charge in [0.15, 0.2) is 11.6 Å². The standard InChI is InChI=1S/C16H16B2O5/c1-11(19)13-3-7-15(8-4-13)17(21)23-18(22)16-9-5-14(6-10-16)12(2)20/h3-10,21-22H,1-2H3. The van der Waals surface area contributed by atoms with Crippen molar-refractivity contribution < 1.29 is 24.2 Å². The van der Waals surface area contributed by atoms with Crippen LogP contribution in [-0.2, 0) is 4.57 Å². The van der Waals surface area contributed by atoms with Crippen molar-refractivity contribution in [3.63, 3.8) is 0 Å². The molecule has 2 rings (SSSR count). The molecule has 2 aromatic carbocycles. The summed E-state index contributed by atoms with van der Waals surface area (Å²) in [6.07, 6.45) is 0. The Kier molecular flexibility index (Phi) is 5.50. The van der Waals surface area contributed by atoms with Crippen molar-refractivity contribution in [3.8, 4) is 0 Å². The van der Waals surface area contributed by atoms with Crippen molar-refractivity contribution in [1.82, 2.24) is 0 Å². The lowest BCUT2D eigenvalue weighted by Crippen LogP contribution is -2.45. The maximum absolute atomic E-state index is 11.2. The Morgan fingerprint density at radius 2 is 1.04 bits per heavy atom. The van der Waals surface area contributed by atoms with Crippen molar-refractivity contribution in [1.29, 1.82) is 0 Å². The summed E-state index contributed by atoms with van der Waals surface area (Å²) in [7, 11) is -2.67. The smallest absolute Gasteiger partial charge is 0.443 e. The van der Waals surface area contributed by atoms with Crippen molar-refractivity contribution in [2.45, 2.75) is 13.8 Å². The molecule has 0 heterocycles. The van der Waals surface area contributed by atoms with Crippen LogP contribution in [0.4, 0.5) is 0 Å². The van der Waals surface area contributed by atoms with Gasteiger partial charge in [0.2, 0.25) is 0 Å². The molecule has 0 aliphatic rings. The molecule has 0 aromatic heterocycles. The average Bonchev–Trinajstić information content (AvgIpc) is 2.54. The highest BCUT2D eigenvalue weighted by atomic mass is 16.5. The second kappa shape index (κ2) is 7.37. The van der Waals surface area contributed by atoms with Crippen LogP contribution in [-0.4, -0.2) is 35.9 Å². The normalized spacial score (nSPS) is 10.3. The number of carbonyl (C=O) groups excluding carboxylic acids is 2. The number of Topliss-reactive ketones (excluding diaryl/α,β-unsaturated/α-hetero) is 2. The molecule has 0 bridgehead atoms. The minimum atomic E-state index is -1.33. The minimum absolute atomic E-state index is 0.0717. The lowest BCUT2D eigenvalue weighted by molar-refractivity contribution is 0.100. The van der Waals surface area contributed by atoms with Gasteiger partial charge in [-0.3, -0.25) is 9.59 Å². The Bertz CT molecular complexity index is 636. The number of rotatable bonds is 6. The van der Waals surface area contributed by atoms with Gasteiger partial charge in [0.25, 0.3) is 0 Å².